The van der Waals surface area contributed by atoms with Gasteiger partial charge in [0.1, 0.15) is 6.54 Å². The summed E-state index contributed by atoms with van der Waals surface area (Å²) in [5.41, 5.74) is 3.73. The summed E-state index contributed by atoms with van der Waals surface area (Å²) in [5.74, 6) is -0.0886. The molecule has 0 atom stereocenters. The average Bonchev–Trinajstić information content (AvgIpc) is 2.49. The summed E-state index contributed by atoms with van der Waals surface area (Å²) in [6.45, 7) is 0.0736. The molecule has 0 bridgehead atoms. The lowest BCUT2D eigenvalue weighted by molar-refractivity contribution is 0.0988. The van der Waals surface area contributed by atoms with Crippen LogP contribution in [0.5, 0.6) is 0 Å². The summed E-state index contributed by atoms with van der Waals surface area (Å²) in [5, 5.41) is 9.03. The van der Waals surface area contributed by atoms with E-state index >= 15 is 0 Å². The fourth-order valence-corrected chi connectivity index (χ4v) is 2.68. The summed E-state index contributed by atoms with van der Waals surface area (Å²) in [7, 11) is 0. The molecule has 2 aromatic rings. The molecule has 3 heteroatoms. The maximum absolute atomic E-state index is 12.7. The van der Waals surface area contributed by atoms with Crippen molar-refractivity contribution >= 4 is 11.6 Å². The number of aryl methyl sites for hydroxylation is 2. The van der Waals surface area contributed by atoms with Crippen molar-refractivity contribution in [1.29, 1.82) is 5.26 Å². The van der Waals surface area contributed by atoms with Gasteiger partial charge in [0.15, 0.2) is 0 Å². The van der Waals surface area contributed by atoms with Crippen LogP contribution < -0.4 is 4.90 Å². The summed E-state index contributed by atoms with van der Waals surface area (Å²) in [6.07, 6.45) is 1.72. The number of nitriles is 1. The fraction of sp³-hybridized carbons (Fsp3) is 0.176. The maximum Gasteiger partial charge on any atom is 0.259 e. The van der Waals surface area contributed by atoms with E-state index < -0.39 is 0 Å². The van der Waals surface area contributed by atoms with Crippen LogP contribution in [0.15, 0.2) is 48.5 Å². The molecule has 2 aromatic carbocycles. The minimum Gasteiger partial charge on any atom is -0.294 e. The quantitative estimate of drug-likeness (QED) is 0.742. The highest BCUT2D eigenvalue weighted by atomic mass is 16.2. The molecule has 98 valence electrons. The van der Waals surface area contributed by atoms with Crippen molar-refractivity contribution in [2.75, 3.05) is 11.4 Å². The molecular formula is C17H14N2O. The molecule has 0 N–H and O–H groups in total. The van der Waals surface area contributed by atoms with Crippen molar-refractivity contribution in [1.82, 2.24) is 0 Å². The number of anilines is 1. The number of carbonyl (C=O) groups is 1. The number of nitrogens with zero attached hydrogens (tertiary/aromatic N) is 2. The van der Waals surface area contributed by atoms with Gasteiger partial charge in [-0.05, 0) is 36.1 Å². The first-order valence-corrected chi connectivity index (χ1v) is 6.66. The zero-order valence-corrected chi connectivity index (χ0v) is 11.0. The Morgan fingerprint density at radius 3 is 2.45 bits per heavy atom. The highest BCUT2D eigenvalue weighted by molar-refractivity contribution is 6.08. The van der Waals surface area contributed by atoms with Gasteiger partial charge in [0, 0.05) is 11.3 Å². The van der Waals surface area contributed by atoms with Gasteiger partial charge < -0.3 is 0 Å². The third kappa shape index (κ3) is 2.06. The van der Waals surface area contributed by atoms with Crippen molar-refractivity contribution in [3.05, 3.63) is 65.2 Å². The van der Waals surface area contributed by atoms with Crippen LogP contribution in [0.25, 0.3) is 0 Å². The molecule has 1 aliphatic heterocycles. The predicted molar refractivity (Wildman–Crippen MR) is 77.6 cm³/mol. The summed E-state index contributed by atoms with van der Waals surface area (Å²) < 4.78 is 0. The van der Waals surface area contributed by atoms with E-state index in [1.54, 1.807) is 4.90 Å². The molecule has 0 unspecified atom stereocenters. The minimum atomic E-state index is -0.0886. The van der Waals surface area contributed by atoms with Crippen molar-refractivity contribution in [2.24, 2.45) is 0 Å². The summed E-state index contributed by atoms with van der Waals surface area (Å²) >= 11 is 0. The van der Waals surface area contributed by atoms with Crippen LogP contribution in [0.4, 0.5) is 5.69 Å². The lowest BCUT2D eigenvalue weighted by Gasteiger charge is -2.26. The molecule has 0 radical (unpaired) electrons. The van der Waals surface area contributed by atoms with E-state index in [0.29, 0.717) is 5.56 Å². The molecule has 0 saturated carbocycles. The monoisotopic (exact) mass is 262 g/mol. The second-order valence-electron chi connectivity index (χ2n) is 4.84. The van der Waals surface area contributed by atoms with Gasteiger partial charge in [0.05, 0.1) is 6.07 Å². The first-order chi connectivity index (χ1) is 9.81. The maximum atomic E-state index is 12.7. The van der Waals surface area contributed by atoms with E-state index in [1.807, 2.05) is 48.5 Å². The van der Waals surface area contributed by atoms with Crippen LogP contribution in [-0.2, 0) is 12.8 Å². The summed E-state index contributed by atoms with van der Waals surface area (Å²) in [6, 6.07) is 17.6. The Morgan fingerprint density at radius 1 is 1.00 bits per heavy atom. The number of amides is 1. The normalized spacial score (nSPS) is 13.8. The number of hydrogen-bond donors (Lipinski definition) is 0. The van der Waals surface area contributed by atoms with Crippen LogP contribution in [-0.4, -0.2) is 12.5 Å². The first kappa shape index (κ1) is 12.4. The van der Waals surface area contributed by atoms with E-state index in [1.165, 1.54) is 0 Å². The Kier molecular flexibility index (Phi) is 3.22. The Hall–Kier alpha value is -2.60. The van der Waals surface area contributed by atoms with Crippen LogP contribution in [0.2, 0.25) is 0 Å². The Labute approximate surface area is 118 Å². The van der Waals surface area contributed by atoms with Crippen LogP contribution in [0.1, 0.15) is 21.5 Å². The van der Waals surface area contributed by atoms with Crippen molar-refractivity contribution in [3.8, 4) is 6.07 Å². The molecule has 0 saturated heterocycles. The van der Waals surface area contributed by atoms with E-state index in [4.69, 9.17) is 5.26 Å². The molecule has 1 heterocycles. The number of fused-ring (bicyclic) bond motifs is 2. The molecule has 3 rings (SSSR count). The molecule has 0 fully saturated rings. The van der Waals surface area contributed by atoms with Gasteiger partial charge in [-0.2, -0.15) is 5.26 Å². The van der Waals surface area contributed by atoms with Crippen molar-refractivity contribution < 1.29 is 4.79 Å². The van der Waals surface area contributed by atoms with E-state index in [0.717, 1.165) is 29.7 Å². The molecule has 0 aliphatic carbocycles. The van der Waals surface area contributed by atoms with Crippen molar-refractivity contribution in [2.45, 2.75) is 12.8 Å². The second kappa shape index (κ2) is 5.18. The molecule has 3 nitrogen and oxygen atoms in total. The molecular weight excluding hydrogens is 248 g/mol. The molecule has 20 heavy (non-hydrogen) atoms. The lowest BCUT2D eigenvalue weighted by Crippen LogP contribution is -2.34. The Bertz CT molecular complexity index is 700. The van der Waals surface area contributed by atoms with E-state index in [2.05, 4.69) is 6.07 Å². The van der Waals surface area contributed by atoms with E-state index in [9.17, 15) is 4.79 Å². The molecule has 0 aromatic heterocycles. The van der Waals surface area contributed by atoms with Crippen molar-refractivity contribution in [3.63, 3.8) is 0 Å². The first-order valence-electron chi connectivity index (χ1n) is 6.66. The average molecular weight is 262 g/mol. The van der Waals surface area contributed by atoms with Gasteiger partial charge in [-0.1, -0.05) is 36.4 Å². The topological polar surface area (TPSA) is 44.1 Å². The largest absolute Gasteiger partial charge is 0.294 e. The molecule has 0 spiro atoms. The standard InChI is InChI=1S/C17H14N2O/c18-11-12-19-16-8-4-2-6-14(16)10-9-13-5-1-3-7-15(13)17(19)20/h1-8H,9-10,12H2. The summed E-state index contributed by atoms with van der Waals surface area (Å²) in [4.78, 5) is 14.3. The van der Waals surface area contributed by atoms with Crippen LogP contribution >= 0.6 is 0 Å². The SMILES string of the molecule is N#CCN1C(=O)c2ccccc2CCc2ccccc21. The number of rotatable bonds is 1. The van der Waals surface area contributed by atoms with Gasteiger partial charge in [-0.25, -0.2) is 0 Å². The number of para-hydroxylation sites is 1. The van der Waals surface area contributed by atoms with Crippen LogP contribution in [0.3, 0.4) is 0 Å². The smallest absolute Gasteiger partial charge is 0.259 e. The predicted octanol–water partition coefficient (Wildman–Crippen LogP) is 2.96. The second-order valence-corrected chi connectivity index (χ2v) is 4.84. The van der Waals surface area contributed by atoms with Crippen LogP contribution in [0, 0.1) is 11.3 Å². The fourth-order valence-electron chi connectivity index (χ4n) is 2.68. The highest BCUT2D eigenvalue weighted by Gasteiger charge is 2.24. The minimum absolute atomic E-state index is 0.0736. The third-order valence-electron chi connectivity index (χ3n) is 3.67. The van der Waals surface area contributed by atoms with Gasteiger partial charge >= 0.3 is 0 Å². The third-order valence-corrected chi connectivity index (χ3v) is 3.67. The number of carbonyl (C=O) groups excluding carboxylic acids is 1. The van der Waals surface area contributed by atoms with Gasteiger partial charge in [-0.3, -0.25) is 9.69 Å². The zero-order chi connectivity index (χ0) is 13.9. The van der Waals surface area contributed by atoms with Gasteiger partial charge in [0.25, 0.3) is 5.91 Å². The highest BCUT2D eigenvalue weighted by Crippen LogP contribution is 2.27. The van der Waals surface area contributed by atoms with Gasteiger partial charge in [0.2, 0.25) is 0 Å². The Morgan fingerprint density at radius 2 is 1.65 bits per heavy atom. The van der Waals surface area contributed by atoms with Gasteiger partial charge in [-0.15, -0.1) is 0 Å². The molecule has 1 aliphatic rings. The number of benzene rings is 2. The zero-order valence-electron chi connectivity index (χ0n) is 11.0. The Balaban J connectivity index is 2.15. The lowest BCUT2D eigenvalue weighted by atomic mass is 9.95. The number of hydrogen-bond acceptors (Lipinski definition) is 2. The van der Waals surface area contributed by atoms with E-state index in [-0.39, 0.29) is 12.5 Å². The molecule has 1 amide bonds.